The summed E-state index contributed by atoms with van der Waals surface area (Å²) in [6, 6.07) is 15.7. The smallest absolute Gasteiger partial charge is 0.325 e. The number of carbonyl (C=O) groups excluding carboxylic acids is 2. The number of amides is 3. The van der Waals surface area contributed by atoms with Gasteiger partial charge in [0.2, 0.25) is 0 Å². The van der Waals surface area contributed by atoms with E-state index in [1.54, 1.807) is 37.3 Å². The number of β-amino-alcohol motifs (C(OH)–C–C–N with tert-alkyl or cyclic N) is 1. The van der Waals surface area contributed by atoms with Crippen LogP contribution in [-0.4, -0.2) is 41.2 Å². The molecule has 2 N–H and O–H groups in total. The minimum absolute atomic E-state index is 0.0235. The van der Waals surface area contributed by atoms with E-state index in [2.05, 4.69) is 5.32 Å². The summed E-state index contributed by atoms with van der Waals surface area (Å²) in [5, 5.41) is 13.5. The Bertz CT molecular complexity index is 830. The molecule has 0 aliphatic carbocycles. The van der Waals surface area contributed by atoms with Crippen molar-refractivity contribution >= 4 is 23.5 Å². The minimum Gasteiger partial charge on any atom is -0.389 e. The van der Waals surface area contributed by atoms with E-state index in [0.29, 0.717) is 10.6 Å². The van der Waals surface area contributed by atoms with Crippen molar-refractivity contribution in [2.24, 2.45) is 0 Å². The predicted octanol–water partition coefficient (Wildman–Crippen LogP) is 2.68. The molecular weight excluding hydrogens is 368 g/mol. The number of rotatable bonds is 7. The van der Waals surface area contributed by atoms with E-state index in [4.69, 9.17) is 16.3 Å². The van der Waals surface area contributed by atoms with Gasteiger partial charge in [-0.3, -0.25) is 9.69 Å². The van der Waals surface area contributed by atoms with Gasteiger partial charge in [-0.25, -0.2) is 4.79 Å². The molecule has 3 rings (SSSR count). The molecule has 2 aromatic carbocycles. The third-order valence-corrected chi connectivity index (χ3v) is 4.91. The second-order valence-electron chi connectivity index (χ2n) is 6.60. The summed E-state index contributed by atoms with van der Waals surface area (Å²) in [7, 11) is 0. The van der Waals surface area contributed by atoms with Crippen LogP contribution in [0.4, 0.5) is 4.79 Å². The number of hydrogen-bond acceptors (Lipinski definition) is 4. The summed E-state index contributed by atoms with van der Waals surface area (Å²) in [4.78, 5) is 26.1. The van der Waals surface area contributed by atoms with Crippen LogP contribution in [0.25, 0.3) is 0 Å². The van der Waals surface area contributed by atoms with Crippen LogP contribution in [-0.2, 0) is 21.7 Å². The van der Waals surface area contributed by atoms with E-state index < -0.39 is 23.6 Å². The lowest BCUT2D eigenvalue weighted by molar-refractivity contribution is -0.132. The first-order valence-electron chi connectivity index (χ1n) is 8.60. The lowest BCUT2D eigenvalue weighted by atomic mass is 9.92. The lowest BCUT2D eigenvalue weighted by Gasteiger charge is -2.23. The van der Waals surface area contributed by atoms with Crippen molar-refractivity contribution in [3.63, 3.8) is 0 Å². The molecular formula is C20H21ClN2O4. The fourth-order valence-corrected chi connectivity index (χ4v) is 3.20. The molecule has 0 unspecified atom stereocenters. The van der Waals surface area contributed by atoms with Crippen LogP contribution in [0.5, 0.6) is 0 Å². The molecule has 6 nitrogen and oxygen atoms in total. The van der Waals surface area contributed by atoms with Crippen molar-refractivity contribution in [1.29, 1.82) is 0 Å². The topological polar surface area (TPSA) is 78.9 Å². The van der Waals surface area contributed by atoms with E-state index in [9.17, 15) is 14.7 Å². The highest BCUT2D eigenvalue weighted by Crippen LogP contribution is 2.28. The van der Waals surface area contributed by atoms with Gasteiger partial charge in [-0.2, -0.15) is 0 Å². The maximum absolute atomic E-state index is 12.8. The van der Waals surface area contributed by atoms with E-state index >= 15 is 0 Å². The van der Waals surface area contributed by atoms with E-state index in [1.165, 1.54) is 0 Å². The van der Waals surface area contributed by atoms with Crippen LogP contribution < -0.4 is 5.32 Å². The van der Waals surface area contributed by atoms with Gasteiger partial charge in [0.25, 0.3) is 5.91 Å². The molecule has 1 fully saturated rings. The maximum Gasteiger partial charge on any atom is 0.325 e. The highest BCUT2D eigenvalue weighted by molar-refractivity contribution is 6.31. The minimum atomic E-state index is -1.14. The fraction of sp³-hybridized carbons (Fsp3) is 0.300. The van der Waals surface area contributed by atoms with Crippen molar-refractivity contribution < 1.29 is 19.4 Å². The normalized spacial score (nSPS) is 20.6. The van der Waals surface area contributed by atoms with Gasteiger partial charge in [0.1, 0.15) is 5.54 Å². The summed E-state index contributed by atoms with van der Waals surface area (Å²) in [6.07, 6.45) is -1.000. The van der Waals surface area contributed by atoms with Gasteiger partial charge < -0.3 is 15.2 Å². The third kappa shape index (κ3) is 4.13. The number of nitrogens with zero attached hydrogens (tertiary/aromatic N) is 1. The van der Waals surface area contributed by atoms with Crippen LogP contribution in [0.15, 0.2) is 54.6 Å². The summed E-state index contributed by atoms with van der Waals surface area (Å²) in [6.45, 7) is 1.72. The first-order chi connectivity index (χ1) is 12.9. The van der Waals surface area contributed by atoms with Crippen LogP contribution >= 0.6 is 11.6 Å². The zero-order valence-corrected chi connectivity index (χ0v) is 15.6. The van der Waals surface area contributed by atoms with Crippen LogP contribution in [0, 0.1) is 0 Å². The highest BCUT2D eigenvalue weighted by atomic mass is 35.5. The lowest BCUT2D eigenvalue weighted by Crippen LogP contribution is -2.42. The zero-order valence-electron chi connectivity index (χ0n) is 14.9. The number of nitrogens with one attached hydrogen (secondary N) is 1. The number of imide groups is 1. The van der Waals surface area contributed by atoms with Gasteiger partial charge in [0.05, 0.1) is 25.9 Å². The molecule has 0 bridgehead atoms. The number of ether oxygens (including phenoxy) is 1. The van der Waals surface area contributed by atoms with Gasteiger partial charge in [-0.15, -0.1) is 0 Å². The number of carbonyl (C=O) groups is 2. The number of urea groups is 1. The fourth-order valence-electron chi connectivity index (χ4n) is 3.01. The predicted molar refractivity (Wildman–Crippen MR) is 101 cm³/mol. The Hall–Kier alpha value is -2.41. The molecule has 2 aromatic rings. The summed E-state index contributed by atoms with van der Waals surface area (Å²) >= 11 is 6.06. The van der Waals surface area contributed by atoms with Crippen molar-refractivity contribution in [2.75, 3.05) is 13.2 Å². The van der Waals surface area contributed by atoms with Crippen LogP contribution in [0.3, 0.4) is 0 Å². The Kier molecular flexibility index (Phi) is 5.79. The highest BCUT2D eigenvalue weighted by Gasteiger charge is 2.49. The molecule has 0 spiro atoms. The molecule has 2 atom stereocenters. The van der Waals surface area contributed by atoms with Gasteiger partial charge in [-0.05, 0) is 24.1 Å². The number of benzene rings is 2. The second-order valence-corrected chi connectivity index (χ2v) is 7.00. The molecule has 1 saturated heterocycles. The zero-order chi connectivity index (χ0) is 19.4. The SMILES string of the molecule is C[C@]1(c2ccccc2)NC(=O)N(C[C@H](O)COCc2ccccc2Cl)C1=O. The third-order valence-electron chi connectivity index (χ3n) is 4.55. The Labute approximate surface area is 162 Å². The molecule has 1 heterocycles. The van der Waals surface area contributed by atoms with E-state index in [-0.39, 0.29) is 19.8 Å². The molecule has 0 radical (unpaired) electrons. The number of aliphatic hydroxyl groups excluding tert-OH is 1. The molecule has 7 heteroatoms. The number of aliphatic hydroxyl groups is 1. The van der Waals surface area contributed by atoms with Crippen molar-refractivity contribution in [1.82, 2.24) is 10.2 Å². The van der Waals surface area contributed by atoms with Gasteiger partial charge in [0, 0.05) is 5.02 Å². The van der Waals surface area contributed by atoms with Gasteiger partial charge in [-0.1, -0.05) is 60.1 Å². The molecule has 1 aliphatic rings. The molecule has 3 amide bonds. The molecule has 27 heavy (non-hydrogen) atoms. The quantitative estimate of drug-likeness (QED) is 0.715. The molecule has 1 aliphatic heterocycles. The monoisotopic (exact) mass is 388 g/mol. The molecule has 142 valence electrons. The summed E-state index contributed by atoms with van der Waals surface area (Å²) in [5.41, 5.74) is 0.351. The van der Waals surface area contributed by atoms with Crippen LogP contribution in [0.2, 0.25) is 5.02 Å². The summed E-state index contributed by atoms with van der Waals surface area (Å²) < 4.78 is 5.48. The van der Waals surface area contributed by atoms with E-state index in [1.807, 2.05) is 24.3 Å². The standard InChI is InChI=1S/C20H21ClN2O4/c1-20(15-8-3-2-4-9-15)18(25)23(19(26)22-20)11-16(24)13-27-12-14-7-5-6-10-17(14)21/h2-10,16,24H,11-13H2,1H3,(H,22,26)/t16-,20+/m0/s1. The van der Waals surface area contributed by atoms with Crippen molar-refractivity contribution in [3.8, 4) is 0 Å². The Morgan fingerprint density at radius 3 is 2.52 bits per heavy atom. The Morgan fingerprint density at radius 2 is 1.81 bits per heavy atom. The second kappa shape index (κ2) is 8.08. The maximum atomic E-state index is 12.8. The van der Waals surface area contributed by atoms with E-state index in [0.717, 1.165) is 10.5 Å². The van der Waals surface area contributed by atoms with Gasteiger partial charge >= 0.3 is 6.03 Å². The number of halogens is 1. The van der Waals surface area contributed by atoms with Crippen molar-refractivity contribution in [2.45, 2.75) is 25.2 Å². The molecule has 0 saturated carbocycles. The molecule has 0 aromatic heterocycles. The number of hydrogen-bond donors (Lipinski definition) is 2. The Balaban J connectivity index is 1.58. The first-order valence-corrected chi connectivity index (χ1v) is 8.98. The first kappa shape index (κ1) is 19.4. The average molecular weight is 389 g/mol. The Morgan fingerprint density at radius 1 is 1.15 bits per heavy atom. The van der Waals surface area contributed by atoms with Gasteiger partial charge in [0.15, 0.2) is 0 Å². The van der Waals surface area contributed by atoms with Crippen LogP contribution in [0.1, 0.15) is 18.1 Å². The summed E-state index contributed by atoms with van der Waals surface area (Å²) in [5.74, 6) is -0.399. The average Bonchev–Trinajstić information content (AvgIpc) is 2.88. The van der Waals surface area contributed by atoms with Crippen molar-refractivity contribution in [3.05, 3.63) is 70.7 Å². The largest absolute Gasteiger partial charge is 0.389 e.